The molecule has 0 saturated carbocycles. The van der Waals surface area contributed by atoms with Crippen LogP contribution in [0.2, 0.25) is 5.15 Å². The van der Waals surface area contributed by atoms with Crippen molar-refractivity contribution in [1.29, 1.82) is 0 Å². The van der Waals surface area contributed by atoms with Crippen LogP contribution in [0.3, 0.4) is 0 Å². The summed E-state index contributed by atoms with van der Waals surface area (Å²) >= 11 is 4.96. The summed E-state index contributed by atoms with van der Waals surface area (Å²) in [5.74, 6) is 0.402. The van der Waals surface area contributed by atoms with Crippen LogP contribution in [0.5, 0.6) is 0 Å². The van der Waals surface area contributed by atoms with E-state index in [1.54, 1.807) is 20.2 Å². The third-order valence-electron chi connectivity index (χ3n) is 4.10. The molecule has 1 aromatic rings. The van der Waals surface area contributed by atoms with Crippen molar-refractivity contribution in [3.8, 4) is 0 Å². The Morgan fingerprint density at radius 3 is 2.74 bits per heavy atom. The molecule has 0 bridgehead atoms. The van der Waals surface area contributed by atoms with E-state index in [9.17, 15) is 9.35 Å². The average Bonchev–Trinajstić information content (AvgIpc) is 2.58. The van der Waals surface area contributed by atoms with Crippen LogP contribution in [-0.2, 0) is 16.1 Å². The minimum Gasteiger partial charge on any atom is -0.591 e. The molecule has 0 radical (unpaired) electrons. The molecule has 1 saturated heterocycles. The first-order valence-corrected chi connectivity index (χ1v) is 10.2. The number of carbonyl (C=O) groups excluding carboxylic acids is 1. The molecule has 1 amide bonds. The summed E-state index contributed by atoms with van der Waals surface area (Å²) in [5.41, 5.74) is 0.751. The molecule has 0 N–H and O–H groups in total. The van der Waals surface area contributed by atoms with Crippen molar-refractivity contribution < 1.29 is 14.1 Å². The van der Waals surface area contributed by atoms with E-state index in [2.05, 4.69) is 14.3 Å². The van der Waals surface area contributed by atoms with Crippen LogP contribution in [-0.4, -0.2) is 71.2 Å². The normalized spacial score (nSPS) is 19.4. The number of hydrogen-bond acceptors (Lipinski definition) is 6. The van der Waals surface area contributed by atoms with Gasteiger partial charge in [0.05, 0.1) is 31.0 Å². The van der Waals surface area contributed by atoms with Crippen molar-refractivity contribution >= 4 is 40.9 Å². The number of halogens is 1. The van der Waals surface area contributed by atoms with E-state index in [1.807, 2.05) is 27.7 Å². The molecule has 1 fully saturated rings. The number of rotatable bonds is 4. The Morgan fingerprint density at radius 2 is 2.19 bits per heavy atom. The standard InChI is InChI=1S/C18H27ClN4O3S/c1-12-11-26-8-7-23(12)15-9-13(17(24)22(5)6)14(16(19)21-15)10-20-27(25)18(2,3)4/h9-10,12H,7-8,11H2,1-6H3/t12-,27?/m1/s1. The van der Waals surface area contributed by atoms with Crippen LogP contribution in [0.1, 0.15) is 43.6 Å². The zero-order chi connectivity index (χ0) is 20.4. The van der Waals surface area contributed by atoms with Crippen LogP contribution < -0.4 is 4.90 Å². The Morgan fingerprint density at radius 1 is 1.52 bits per heavy atom. The van der Waals surface area contributed by atoms with Gasteiger partial charge in [0, 0.05) is 26.2 Å². The summed E-state index contributed by atoms with van der Waals surface area (Å²) in [6, 6.07) is 1.84. The van der Waals surface area contributed by atoms with Crippen LogP contribution in [0.4, 0.5) is 5.82 Å². The van der Waals surface area contributed by atoms with Crippen molar-refractivity contribution in [2.75, 3.05) is 38.8 Å². The number of ether oxygens (including phenoxy) is 1. The third-order valence-corrected chi connectivity index (χ3v) is 5.73. The van der Waals surface area contributed by atoms with Gasteiger partial charge in [0.1, 0.15) is 27.1 Å². The number of morpholine rings is 1. The van der Waals surface area contributed by atoms with E-state index in [0.29, 0.717) is 36.7 Å². The number of aromatic nitrogens is 1. The molecule has 2 heterocycles. The van der Waals surface area contributed by atoms with Gasteiger partial charge < -0.3 is 19.1 Å². The first-order valence-electron chi connectivity index (χ1n) is 8.75. The van der Waals surface area contributed by atoms with Gasteiger partial charge >= 0.3 is 0 Å². The molecule has 0 aliphatic carbocycles. The van der Waals surface area contributed by atoms with Crippen LogP contribution in [0, 0.1) is 0 Å². The van der Waals surface area contributed by atoms with Gasteiger partial charge in [0.2, 0.25) is 0 Å². The first kappa shape index (κ1) is 21.9. The SMILES string of the molecule is C[C@@H]1COCCN1c1cc(C(=O)N(C)C)c(C=N[S+]([O-])C(C)(C)C)c(Cl)n1. The number of nitrogens with zero attached hydrogens (tertiary/aromatic N) is 4. The van der Waals surface area contributed by atoms with E-state index in [0.717, 1.165) is 0 Å². The number of hydrogen-bond donors (Lipinski definition) is 0. The van der Waals surface area contributed by atoms with E-state index in [4.69, 9.17) is 16.3 Å². The molecule has 0 aromatic carbocycles. The largest absolute Gasteiger partial charge is 0.591 e. The minimum atomic E-state index is -1.46. The maximum absolute atomic E-state index is 12.7. The molecular formula is C18H27ClN4O3S. The summed E-state index contributed by atoms with van der Waals surface area (Å²) < 4.78 is 21.3. The fourth-order valence-electron chi connectivity index (χ4n) is 2.53. The molecule has 2 atom stereocenters. The molecule has 150 valence electrons. The quantitative estimate of drug-likeness (QED) is 0.429. The van der Waals surface area contributed by atoms with Gasteiger partial charge in [-0.1, -0.05) is 16.0 Å². The highest BCUT2D eigenvalue weighted by molar-refractivity contribution is 7.91. The molecule has 1 aliphatic rings. The minimum absolute atomic E-state index is 0.123. The number of pyridine rings is 1. The summed E-state index contributed by atoms with van der Waals surface area (Å²) in [6.07, 6.45) is 1.39. The van der Waals surface area contributed by atoms with Gasteiger partial charge in [-0.05, 0) is 33.8 Å². The lowest BCUT2D eigenvalue weighted by atomic mass is 10.1. The number of amides is 1. The zero-order valence-electron chi connectivity index (χ0n) is 16.7. The highest BCUT2D eigenvalue weighted by Crippen LogP contribution is 2.27. The lowest BCUT2D eigenvalue weighted by molar-refractivity contribution is 0.0827. The van der Waals surface area contributed by atoms with E-state index >= 15 is 0 Å². The molecule has 27 heavy (non-hydrogen) atoms. The zero-order valence-corrected chi connectivity index (χ0v) is 18.2. The van der Waals surface area contributed by atoms with Crippen LogP contribution >= 0.6 is 11.6 Å². The summed E-state index contributed by atoms with van der Waals surface area (Å²) in [4.78, 5) is 20.7. The van der Waals surface area contributed by atoms with Crippen LogP contribution in [0.15, 0.2) is 10.5 Å². The van der Waals surface area contributed by atoms with Crippen LogP contribution in [0.25, 0.3) is 0 Å². The molecule has 9 heteroatoms. The van der Waals surface area contributed by atoms with Gasteiger partial charge in [-0.2, -0.15) is 0 Å². The second-order valence-corrected chi connectivity index (χ2v) is 9.94. The van der Waals surface area contributed by atoms with E-state index in [1.165, 1.54) is 11.1 Å². The lowest BCUT2D eigenvalue weighted by Crippen LogP contribution is -2.44. The first-order chi connectivity index (χ1) is 12.5. The predicted molar refractivity (Wildman–Crippen MR) is 110 cm³/mol. The molecule has 7 nitrogen and oxygen atoms in total. The lowest BCUT2D eigenvalue weighted by Gasteiger charge is -2.34. The Balaban J connectivity index is 2.49. The number of carbonyl (C=O) groups is 1. The summed E-state index contributed by atoms with van der Waals surface area (Å²) in [6.45, 7) is 9.36. The highest BCUT2D eigenvalue weighted by atomic mass is 35.5. The number of anilines is 1. The highest BCUT2D eigenvalue weighted by Gasteiger charge is 2.28. The van der Waals surface area contributed by atoms with Crippen molar-refractivity contribution in [2.45, 2.75) is 38.5 Å². The Hall–Kier alpha value is -1.35. The van der Waals surface area contributed by atoms with Gasteiger partial charge in [0.25, 0.3) is 5.91 Å². The van der Waals surface area contributed by atoms with Crippen molar-refractivity contribution in [3.63, 3.8) is 0 Å². The van der Waals surface area contributed by atoms with E-state index in [-0.39, 0.29) is 17.1 Å². The fourth-order valence-corrected chi connectivity index (χ4v) is 3.28. The van der Waals surface area contributed by atoms with Gasteiger partial charge in [-0.15, -0.1) is 0 Å². The summed E-state index contributed by atoms with van der Waals surface area (Å²) in [7, 11) is 3.34. The molecule has 1 aliphatic heterocycles. The maximum Gasteiger partial charge on any atom is 0.254 e. The monoisotopic (exact) mass is 414 g/mol. The predicted octanol–water partition coefficient (Wildman–Crippen LogP) is 2.54. The third kappa shape index (κ3) is 5.34. The topological polar surface area (TPSA) is 81.1 Å². The Labute approximate surface area is 169 Å². The summed E-state index contributed by atoms with van der Waals surface area (Å²) in [5, 5.41) is 0.158. The molecule has 2 rings (SSSR count). The fraction of sp³-hybridized carbons (Fsp3) is 0.611. The van der Waals surface area contributed by atoms with E-state index < -0.39 is 16.1 Å². The van der Waals surface area contributed by atoms with Gasteiger partial charge in [-0.3, -0.25) is 4.79 Å². The second kappa shape index (κ2) is 8.77. The van der Waals surface area contributed by atoms with Gasteiger partial charge in [-0.25, -0.2) is 4.98 Å². The van der Waals surface area contributed by atoms with Gasteiger partial charge in [0.15, 0.2) is 0 Å². The molecule has 1 aromatic heterocycles. The molecule has 1 unspecified atom stereocenters. The second-order valence-electron chi connectivity index (χ2n) is 7.65. The average molecular weight is 415 g/mol. The molecule has 0 spiro atoms. The Kier molecular flexibility index (Phi) is 7.13. The Bertz CT molecular complexity index is 721. The van der Waals surface area contributed by atoms with Crippen molar-refractivity contribution in [2.24, 2.45) is 4.40 Å². The maximum atomic E-state index is 12.7. The van der Waals surface area contributed by atoms with Crippen molar-refractivity contribution in [1.82, 2.24) is 9.88 Å². The van der Waals surface area contributed by atoms with Crippen molar-refractivity contribution in [3.05, 3.63) is 22.3 Å². The smallest absolute Gasteiger partial charge is 0.254 e. The molecular weight excluding hydrogens is 388 g/mol.